The molecule has 0 saturated heterocycles. The largest absolute Gasteiger partial charge is 0.455 e. The monoisotopic (exact) mass is 574 g/mol. The van der Waals surface area contributed by atoms with Gasteiger partial charge in [0.2, 0.25) is 0 Å². The summed E-state index contributed by atoms with van der Waals surface area (Å²) in [5.41, 5.74) is 13.6. The van der Waals surface area contributed by atoms with E-state index >= 15 is 0 Å². The highest BCUT2D eigenvalue weighted by molar-refractivity contribution is 5.99. The molecule has 8 rings (SSSR count). The van der Waals surface area contributed by atoms with Crippen LogP contribution in [0.1, 0.15) is 17.5 Å². The van der Waals surface area contributed by atoms with Crippen LogP contribution < -0.4 is 0 Å². The highest BCUT2D eigenvalue weighted by atomic mass is 16.3. The maximum atomic E-state index is 7.31. The number of benzene rings is 5. The van der Waals surface area contributed by atoms with Crippen LogP contribution in [0.25, 0.3) is 73.2 Å². The van der Waals surface area contributed by atoms with Crippen molar-refractivity contribution in [3.05, 3.63) is 175 Å². The van der Waals surface area contributed by atoms with Crippen LogP contribution in [0.5, 0.6) is 0 Å². The Labute approximate surface area is 264 Å². The first-order chi connectivity index (χ1) is 22.4. The maximum absolute atomic E-state index is 7.31. The molecule has 1 heteroatoms. The number of allylic oxidation sites excluding steroid dienone is 1. The first-order valence-electron chi connectivity index (χ1n) is 15.5. The standard InChI is InChI=1S/C44H30O/c1-5-17-31(18-6-1)35-27-15-28-36(32-19-7-2-8-20-32)41(35)43-39-25-13-14-26-40(39)44(45-43)42-37(33-21-9-3-10-22-33)29-16-30-38(42)34-23-11-4-12-24-34/h1-11,13,15-23,25,27-30H,14,26H2. The molecule has 0 aliphatic heterocycles. The van der Waals surface area contributed by atoms with Crippen LogP contribution >= 0.6 is 0 Å². The molecule has 45 heavy (non-hydrogen) atoms. The molecule has 1 heterocycles. The van der Waals surface area contributed by atoms with Crippen LogP contribution in [0.15, 0.2) is 156 Å². The predicted molar refractivity (Wildman–Crippen MR) is 186 cm³/mol. The van der Waals surface area contributed by atoms with Crippen molar-refractivity contribution in [2.75, 3.05) is 0 Å². The molecular formula is C44H30O. The van der Waals surface area contributed by atoms with E-state index in [9.17, 15) is 0 Å². The van der Waals surface area contributed by atoms with E-state index in [0.29, 0.717) is 0 Å². The van der Waals surface area contributed by atoms with E-state index in [4.69, 9.17) is 4.42 Å². The molecule has 1 aliphatic rings. The van der Waals surface area contributed by atoms with Gasteiger partial charge in [0.25, 0.3) is 0 Å². The van der Waals surface area contributed by atoms with E-state index < -0.39 is 0 Å². The smallest absolute Gasteiger partial charge is 0.143 e. The minimum atomic E-state index is 0.909. The van der Waals surface area contributed by atoms with Gasteiger partial charge in [-0.05, 0) is 58.4 Å². The lowest BCUT2D eigenvalue weighted by Gasteiger charge is -2.16. The average Bonchev–Trinajstić information content (AvgIpc) is 3.51. The topological polar surface area (TPSA) is 13.1 Å². The van der Waals surface area contributed by atoms with Crippen molar-refractivity contribution in [3.8, 4) is 67.2 Å². The van der Waals surface area contributed by atoms with E-state index in [1.54, 1.807) is 0 Å². The Morgan fingerprint density at radius 1 is 0.489 bits per heavy atom. The summed E-state index contributed by atoms with van der Waals surface area (Å²) in [5, 5.41) is 0. The Morgan fingerprint density at radius 3 is 1.56 bits per heavy atom. The van der Waals surface area contributed by atoms with E-state index in [1.807, 2.05) is 12.1 Å². The van der Waals surface area contributed by atoms with Crippen molar-refractivity contribution < 1.29 is 4.42 Å². The van der Waals surface area contributed by atoms with Crippen molar-refractivity contribution in [1.82, 2.24) is 0 Å². The van der Waals surface area contributed by atoms with Crippen molar-refractivity contribution >= 4 is 6.08 Å². The van der Waals surface area contributed by atoms with Gasteiger partial charge in [-0.15, -0.1) is 0 Å². The van der Waals surface area contributed by atoms with E-state index in [-0.39, 0.29) is 0 Å². The summed E-state index contributed by atoms with van der Waals surface area (Å²) in [6.07, 6.45) is 6.43. The average molecular weight is 575 g/mol. The van der Waals surface area contributed by atoms with Crippen LogP contribution in [-0.2, 0) is 6.42 Å². The summed E-state index contributed by atoms with van der Waals surface area (Å²) in [5.74, 6) is 1.84. The van der Waals surface area contributed by atoms with Gasteiger partial charge in [0.05, 0.1) is 0 Å². The summed E-state index contributed by atoms with van der Waals surface area (Å²) in [6, 6.07) is 57.6. The van der Waals surface area contributed by atoms with E-state index in [2.05, 4.69) is 158 Å². The van der Waals surface area contributed by atoms with Crippen molar-refractivity contribution in [3.63, 3.8) is 0 Å². The highest BCUT2D eigenvalue weighted by Gasteiger charge is 2.29. The van der Waals surface area contributed by atoms with E-state index in [1.165, 1.54) is 5.56 Å². The zero-order chi connectivity index (χ0) is 30.0. The minimum absolute atomic E-state index is 0.909. The number of hydrogen-bond donors (Lipinski definition) is 0. The Bertz CT molecular complexity index is 2000. The third-order valence-electron chi connectivity index (χ3n) is 8.67. The third kappa shape index (κ3) is 4.88. The fraction of sp³-hybridized carbons (Fsp3) is 0.0455. The third-order valence-corrected chi connectivity index (χ3v) is 8.67. The number of hydrogen-bond acceptors (Lipinski definition) is 1. The molecule has 6 aromatic carbocycles. The van der Waals surface area contributed by atoms with E-state index in [0.717, 1.165) is 85.6 Å². The summed E-state index contributed by atoms with van der Waals surface area (Å²) in [4.78, 5) is 0. The van der Waals surface area contributed by atoms with Gasteiger partial charge in [-0.2, -0.15) is 0 Å². The zero-order valence-electron chi connectivity index (χ0n) is 24.8. The number of rotatable bonds is 6. The quantitative estimate of drug-likeness (QED) is 0.193. The molecule has 0 unspecified atom stereocenters. The normalized spacial score (nSPS) is 12.0. The van der Waals surface area contributed by atoms with Gasteiger partial charge in [-0.3, -0.25) is 0 Å². The lowest BCUT2D eigenvalue weighted by molar-refractivity contribution is 0.595. The summed E-state index contributed by atoms with van der Waals surface area (Å²) >= 11 is 0. The van der Waals surface area contributed by atoms with Gasteiger partial charge in [-0.1, -0.05) is 158 Å². The van der Waals surface area contributed by atoms with Gasteiger partial charge < -0.3 is 4.42 Å². The second kappa shape index (κ2) is 11.7. The lowest BCUT2D eigenvalue weighted by atomic mass is 9.85. The van der Waals surface area contributed by atoms with Gasteiger partial charge in [0.15, 0.2) is 0 Å². The maximum Gasteiger partial charge on any atom is 0.143 e. The van der Waals surface area contributed by atoms with Crippen LogP contribution in [0, 0.1) is 12.1 Å². The molecule has 0 amide bonds. The summed E-state index contributed by atoms with van der Waals surface area (Å²) in [7, 11) is 0. The molecule has 0 spiro atoms. The molecular weight excluding hydrogens is 544 g/mol. The molecule has 1 nitrogen and oxygen atoms in total. The molecule has 0 bridgehead atoms. The first-order valence-corrected chi connectivity index (χ1v) is 15.5. The van der Waals surface area contributed by atoms with Crippen molar-refractivity contribution in [1.29, 1.82) is 0 Å². The molecule has 1 aliphatic carbocycles. The molecule has 0 radical (unpaired) electrons. The Kier molecular flexibility index (Phi) is 6.95. The number of fused-ring (bicyclic) bond motifs is 1. The molecule has 0 saturated carbocycles. The van der Waals surface area contributed by atoms with Crippen LogP contribution in [0.4, 0.5) is 0 Å². The molecule has 0 atom stereocenters. The van der Waals surface area contributed by atoms with Gasteiger partial charge >= 0.3 is 0 Å². The molecule has 7 aromatic rings. The minimum Gasteiger partial charge on any atom is -0.455 e. The van der Waals surface area contributed by atoms with Crippen LogP contribution in [0.2, 0.25) is 0 Å². The lowest BCUT2D eigenvalue weighted by Crippen LogP contribution is -1.96. The molecule has 212 valence electrons. The molecule has 0 fully saturated rings. The van der Waals surface area contributed by atoms with Gasteiger partial charge in [0, 0.05) is 33.4 Å². The predicted octanol–water partition coefficient (Wildman–Crippen LogP) is 11.8. The van der Waals surface area contributed by atoms with Crippen LogP contribution in [-0.4, -0.2) is 0 Å². The second-order valence-electron chi connectivity index (χ2n) is 11.4. The van der Waals surface area contributed by atoms with Gasteiger partial charge in [-0.25, -0.2) is 0 Å². The molecule has 0 N–H and O–H groups in total. The Balaban J connectivity index is 1.46. The Hall–Kier alpha value is -5.84. The summed E-state index contributed by atoms with van der Waals surface area (Å²) < 4.78 is 7.31. The second-order valence-corrected chi connectivity index (χ2v) is 11.4. The molecule has 1 aromatic heterocycles. The summed E-state index contributed by atoms with van der Waals surface area (Å²) in [6.45, 7) is 0. The number of furan rings is 1. The van der Waals surface area contributed by atoms with Crippen LogP contribution in [0.3, 0.4) is 0 Å². The highest BCUT2D eigenvalue weighted by Crippen LogP contribution is 2.50. The fourth-order valence-electron chi connectivity index (χ4n) is 6.62. The fourth-order valence-corrected chi connectivity index (χ4v) is 6.62. The Morgan fingerprint density at radius 2 is 1.02 bits per heavy atom. The first kappa shape index (κ1) is 26.8. The SMILES string of the molecule is c1cccc(-c2cccc(-c3ccccc3)c2-c2oc(-c3c(-c4ccccc4)cccc3-c3ccccc3)c3c2CCC=C3)c#1. The zero-order valence-corrected chi connectivity index (χ0v) is 24.8. The van der Waals surface area contributed by atoms with Crippen molar-refractivity contribution in [2.24, 2.45) is 0 Å². The van der Waals surface area contributed by atoms with Gasteiger partial charge in [0.1, 0.15) is 11.5 Å². The van der Waals surface area contributed by atoms with Crippen molar-refractivity contribution in [2.45, 2.75) is 12.8 Å².